The minimum absolute atomic E-state index is 0.0647. The predicted molar refractivity (Wildman–Crippen MR) is 41.8 cm³/mol. The zero-order valence-electron chi connectivity index (χ0n) is 6.30. The Kier molecular flexibility index (Phi) is 2.64. The summed E-state index contributed by atoms with van der Waals surface area (Å²) < 4.78 is 34.1. The zero-order valence-corrected chi connectivity index (χ0v) is 7.11. The number of ether oxygens (including phenoxy) is 1. The van der Waals surface area contributed by atoms with Crippen molar-refractivity contribution in [3.05, 3.63) is 24.3 Å². The molecule has 0 aromatic heterocycles. The highest BCUT2D eigenvalue weighted by atomic mass is 32.2. The van der Waals surface area contributed by atoms with Gasteiger partial charge in [-0.2, -0.15) is 8.42 Å². The molecule has 0 fully saturated rings. The van der Waals surface area contributed by atoms with Gasteiger partial charge < -0.3 is 4.74 Å². The molecule has 0 heterocycles. The van der Waals surface area contributed by atoms with Gasteiger partial charge in [0.25, 0.3) is 16.6 Å². The average Bonchev–Trinajstić information content (AvgIpc) is 2.04. The first kappa shape index (κ1) is 9.69. The molecule has 0 saturated carbocycles. The van der Waals surface area contributed by atoms with E-state index in [1.165, 1.54) is 6.07 Å². The molecule has 0 saturated heterocycles. The number of carbonyl (C=O) groups excluding carboxylic acids is 1. The Morgan fingerprint density at radius 2 is 2.23 bits per heavy atom. The van der Waals surface area contributed by atoms with Crippen molar-refractivity contribution in [1.82, 2.24) is 0 Å². The number of benzene rings is 1. The summed E-state index contributed by atoms with van der Waals surface area (Å²) >= 11 is 0. The highest BCUT2D eigenvalue weighted by molar-refractivity contribution is 7.85. The fraction of sp³-hybridized carbons (Fsp3) is 0. The van der Waals surface area contributed by atoms with Crippen LogP contribution in [0.5, 0.6) is 5.75 Å². The maximum absolute atomic E-state index is 10.6. The van der Waals surface area contributed by atoms with Crippen molar-refractivity contribution in [1.29, 1.82) is 0 Å². The lowest BCUT2D eigenvalue weighted by Gasteiger charge is -1.98. The quantitative estimate of drug-likeness (QED) is 0.560. The molecule has 0 aliphatic carbocycles. The lowest BCUT2D eigenvalue weighted by atomic mass is 10.3. The lowest BCUT2D eigenvalue weighted by molar-refractivity contribution is -0.120. The van der Waals surface area contributed by atoms with E-state index in [9.17, 15) is 13.2 Å². The summed E-state index contributed by atoms with van der Waals surface area (Å²) in [4.78, 5) is 9.54. The summed E-state index contributed by atoms with van der Waals surface area (Å²) in [6.45, 7) is 0.138. The molecule has 13 heavy (non-hydrogen) atoms. The third-order valence-corrected chi connectivity index (χ3v) is 2.07. The van der Waals surface area contributed by atoms with Gasteiger partial charge in [0, 0.05) is 12.1 Å². The van der Waals surface area contributed by atoms with Crippen LogP contribution < -0.4 is 4.74 Å². The molecule has 0 aliphatic heterocycles. The molecule has 1 aromatic rings. The smallest absolute Gasteiger partial charge is 0.298 e. The van der Waals surface area contributed by atoms with E-state index in [4.69, 9.17) is 4.55 Å². The van der Waals surface area contributed by atoms with Gasteiger partial charge in [-0.15, -0.1) is 0 Å². The molecule has 0 spiro atoms. The number of hydrogen-bond donors (Lipinski definition) is 1. The van der Waals surface area contributed by atoms with Crippen LogP contribution in [0.4, 0.5) is 0 Å². The topological polar surface area (TPSA) is 80.7 Å². The van der Waals surface area contributed by atoms with Crippen LogP contribution in [0.25, 0.3) is 0 Å². The zero-order chi connectivity index (χ0) is 9.90. The summed E-state index contributed by atoms with van der Waals surface area (Å²) in [5, 5.41) is 0. The maximum Gasteiger partial charge on any atom is 0.298 e. The molecule has 0 amide bonds. The predicted octanol–water partition coefficient (Wildman–Crippen LogP) is 0.269. The summed E-state index contributed by atoms with van der Waals surface area (Å²) in [7, 11) is -4.26. The molecule has 0 atom stereocenters. The van der Waals surface area contributed by atoms with Gasteiger partial charge in [-0.1, -0.05) is 0 Å². The second-order valence-electron chi connectivity index (χ2n) is 2.08. The number of rotatable bonds is 3. The molecule has 0 aliphatic rings. The van der Waals surface area contributed by atoms with Gasteiger partial charge in [0.05, 0.1) is 4.90 Å². The van der Waals surface area contributed by atoms with E-state index in [2.05, 4.69) is 10.8 Å². The molecule has 1 N–H and O–H groups in total. The minimum Gasteiger partial charge on any atom is -0.428 e. The van der Waals surface area contributed by atoms with Gasteiger partial charge in [-0.05, 0) is 12.1 Å². The number of carbonyl (C=O) groups is 1. The minimum atomic E-state index is -4.26. The van der Waals surface area contributed by atoms with Crippen molar-refractivity contribution in [2.24, 2.45) is 0 Å². The fourth-order valence-corrected chi connectivity index (χ4v) is 1.20. The molecule has 69 valence electrons. The largest absolute Gasteiger partial charge is 0.428 e. The normalized spacial score (nSPS) is 10.8. The first-order valence-electron chi connectivity index (χ1n) is 3.13. The Balaban J connectivity index is 3.13. The fourth-order valence-electron chi connectivity index (χ4n) is 0.705. The van der Waals surface area contributed by atoms with Crippen molar-refractivity contribution >= 4 is 16.6 Å². The van der Waals surface area contributed by atoms with Crippen LogP contribution in [-0.4, -0.2) is 19.4 Å². The van der Waals surface area contributed by atoms with E-state index < -0.39 is 10.1 Å². The summed E-state index contributed by atoms with van der Waals surface area (Å²) in [6.07, 6.45) is 0. The second-order valence-corrected chi connectivity index (χ2v) is 3.50. The molecule has 0 unspecified atom stereocenters. The van der Waals surface area contributed by atoms with E-state index in [1.54, 1.807) is 0 Å². The highest BCUT2D eigenvalue weighted by Crippen LogP contribution is 2.15. The summed E-state index contributed by atoms with van der Waals surface area (Å²) in [5.74, 6) is -0.0647. The van der Waals surface area contributed by atoms with Crippen LogP contribution in [0.2, 0.25) is 0 Å². The van der Waals surface area contributed by atoms with Crippen molar-refractivity contribution < 1.29 is 22.5 Å². The third kappa shape index (κ3) is 2.53. The van der Waals surface area contributed by atoms with Crippen LogP contribution in [0, 0.1) is 6.07 Å². The van der Waals surface area contributed by atoms with E-state index >= 15 is 0 Å². The van der Waals surface area contributed by atoms with Gasteiger partial charge in [-0.25, -0.2) is 0 Å². The molecule has 5 nitrogen and oxygen atoms in total. The Morgan fingerprint density at radius 1 is 1.54 bits per heavy atom. The Morgan fingerprint density at radius 3 is 2.77 bits per heavy atom. The van der Waals surface area contributed by atoms with Crippen molar-refractivity contribution in [3.63, 3.8) is 0 Å². The summed E-state index contributed by atoms with van der Waals surface area (Å²) in [5.41, 5.74) is 0. The van der Waals surface area contributed by atoms with E-state index in [1.807, 2.05) is 0 Å². The van der Waals surface area contributed by atoms with Gasteiger partial charge >= 0.3 is 0 Å². The van der Waals surface area contributed by atoms with Crippen LogP contribution in [-0.2, 0) is 14.9 Å². The monoisotopic (exact) mass is 201 g/mol. The molecule has 1 radical (unpaired) electrons. The van der Waals surface area contributed by atoms with E-state index in [0.29, 0.717) is 0 Å². The lowest BCUT2D eigenvalue weighted by Crippen LogP contribution is -1.98. The Hall–Kier alpha value is -1.40. The molecule has 1 rings (SSSR count). The third-order valence-electron chi connectivity index (χ3n) is 1.22. The van der Waals surface area contributed by atoms with Crippen LogP contribution in [0.3, 0.4) is 0 Å². The molecular weight excluding hydrogens is 196 g/mol. The van der Waals surface area contributed by atoms with E-state index in [-0.39, 0.29) is 17.1 Å². The van der Waals surface area contributed by atoms with Gasteiger partial charge in [-0.3, -0.25) is 9.35 Å². The van der Waals surface area contributed by atoms with Gasteiger partial charge in [0.1, 0.15) is 5.75 Å². The first-order valence-corrected chi connectivity index (χ1v) is 4.57. The maximum atomic E-state index is 10.6. The van der Waals surface area contributed by atoms with Crippen molar-refractivity contribution in [2.45, 2.75) is 4.90 Å². The van der Waals surface area contributed by atoms with Crippen LogP contribution in [0.1, 0.15) is 0 Å². The first-order chi connectivity index (χ1) is 6.04. The van der Waals surface area contributed by atoms with Gasteiger partial charge in [0.2, 0.25) is 0 Å². The number of hydrogen-bond acceptors (Lipinski definition) is 4. The Labute approximate surface area is 74.7 Å². The standard InChI is InChI=1S/C7H5O5S/c8-5-12-6-2-1-3-7(4-6)13(9,10)11/h1,3-5H,(H,9,10,11). The van der Waals surface area contributed by atoms with Crippen LogP contribution in [0.15, 0.2) is 23.1 Å². The van der Waals surface area contributed by atoms with Crippen molar-refractivity contribution in [2.75, 3.05) is 0 Å². The van der Waals surface area contributed by atoms with Crippen molar-refractivity contribution in [3.8, 4) is 5.75 Å². The molecule has 1 aromatic carbocycles. The SMILES string of the molecule is O=COc1[c]ccc(S(=O)(=O)O)c1. The van der Waals surface area contributed by atoms with Gasteiger partial charge in [0.15, 0.2) is 0 Å². The summed E-state index contributed by atoms with van der Waals surface area (Å²) in [6, 6.07) is 5.80. The van der Waals surface area contributed by atoms with E-state index in [0.717, 1.165) is 12.1 Å². The second kappa shape index (κ2) is 3.55. The average molecular weight is 201 g/mol. The molecule has 6 heteroatoms. The molecule has 0 bridgehead atoms. The Bertz CT molecular complexity index is 409. The van der Waals surface area contributed by atoms with Crippen LogP contribution >= 0.6 is 0 Å². The molecular formula is C7H5O5S. The highest BCUT2D eigenvalue weighted by Gasteiger charge is 2.09.